The number of hydrogen-bond acceptors (Lipinski definition) is 5. The van der Waals surface area contributed by atoms with Crippen LogP contribution in [0.5, 0.6) is 0 Å². The molecule has 1 aliphatic heterocycles. The van der Waals surface area contributed by atoms with Gasteiger partial charge >= 0.3 is 0 Å². The zero-order valence-electron chi connectivity index (χ0n) is 8.93. The molecule has 1 aliphatic rings. The fourth-order valence-electron chi connectivity index (χ4n) is 2.08. The summed E-state index contributed by atoms with van der Waals surface area (Å²) in [6, 6.07) is 3.86. The van der Waals surface area contributed by atoms with Gasteiger partial charge in [0.15, 0.2) is 5.82 Å². The summed E-state index contributed by atoms with van der Waals surface area (Å²) >= 11 is 0. The predicted molar refractivity (Wildman–Crippen MR) is 62.2 cm³/mol. The molecule has 6 nitrogen and oxygen atoms in total. The van der Waals surface area contributed by atoms with E-state index in [1.54, 1.807) is 4.52 Å². The molecule has 16 heavy (non-hydrogen) atoms. The van der Waals surface area contributed by atoms with Gasteiger partial charge in [-0.2, -0.15) is 4.98 Å². The lowest BCUT2D eigenvalue weighted by atomic mass is 10.4. The van der Waals surface area contributed by atoms with Crippen molar-refractivity contribution in [3.8, 4) is 0 Å². The minimum Gasteiger partial charge on any atom is -0.340 e. The van der Waals surface area contributed by atoms with Crippen LogP contribution in [0, 0.1) is 0 Å². The molecular formula is C10H14N6. The molecule has 0 radical (unpaired) electrons. The molecule has 0 saturated carbocycles. The maximum Gasteiger partial charge on any atom is 0.245 e. The minimum atomic E-state index is 0.668. The highest BCUT2D eigenvalue weighted by Crippen LogP contribution is 2.20. The predicted octanol–water partition coefficient (Wildman–Crippen LogP) is 0.615. The van der Waals surface area contributed by atoms with Crippen molar-refractivity contribution in [2.24, 2.45) is 5.84 Å². The Labute approximate surface area is 93.0 Å². The Morgan fingerprint density at radius 3 is 2.88 bits per heavy atom. The molecule has 3 N–H and O–H groups in total. The Morgan fingerprint density at radius 2 is 2.12 bits per heavy atom. The molecule has 1 saturated heterocycles. The van der Waals surface area contributed by atoms with E-state index in [0.29, 0.717) is 5.82 Å². The minimum absolute atomic E-state index is 0.668. The first-order valence-electron chi connectivity index (χ1n) is 5.45. The molecule has 0 aromatic carbocycles. The fraction of sp³-hybridized carbons (Fsp3) is 0.400. The third kappa shape index (κ3) is 1.38. The van der Waals surface area contributed by atoms with E-state index in [2.05, 4.69) is 20.4 Å². The largest absolute Gasteiger partial charge is 0.340 e. The topological polar surface area (TPSA) is 71.5 Å². The molecule has 2 aromatic heterocycles. The average molecular weight is 218 g/mol. The highest BCUT2D eigenvalue weighted by atomic mass is 15.4. The molecule has 3 heterocycles. The van der Waals surface area contributed by atoms with Gasteiger partial charge in [-0.05, 0) is 25.0 Å². The van der Waals surface area contributed by atoms with Gasteiger partial charge in [0.05, 0.1) is 0 Å². The maximum atomic E-state index is 5.47. The molecule has 0 atom stereocenters. The van der Waals surface area contributed by atoms with E-state index in [0.717, 1.165) is 24.6 Å². The lowest BCUT2D eigenvalue weighted by Crippen LogP contribution is -2.23. The standard InChI is InChI=1S/C10H14N6/c11-13-9-8-4-3-7-16(8)14-10(12-9)15-5-1-2-6-15/h3-4,7H,1-2,5-6,11H2,(H,12,13,14). The van der Waals surface area contributed by atoms with E-state index >= 15 is 0 Å². The van der Waals surface area contributed by atoms with Crippen molar-refractivity contribution >= 4 is 17.3 Å². The van der Waals surface area contributed by atoms with Gasteiger partial charge in [0, 0.05) is 19.3 Å². The summed E-state index contributed by atoms with van der Waals surface area (Å²) in [6.07, 6.45) is 4.31. The molecule has 0 amide bonds. The van der Waals surface area contributed by atoms with Gasteiger partial charge in [-0.3, -0.25) is 0 Å². The molecule has 84 valence electrons. The van der Waals surface area contributed by atoms with Crippen LogP contribution in [0.15, 0.2) is 18.3 Å². The number of fused-ring (bicyclic) bond motifs is 1. The average Bonchev–Trinajstić information content (AvgIpc) is 2.97. The van der Waals surface area contributed by atoms with Crippen LogP contribution in [0.3, 0.4) is 0 Å². The maximum absolute atomic E-state index is 5.47. The monoisotopic (exact) mass is 218 g/mol. The first kappa shape index (κ1) is 9.41. The highest BCUT2D eigenvalue weighted by molar-refractivity contribution is 5.68. The molecule has 0 aliphatic carbocycles. The summed E-state index contributed by atoms with van der Waals surface area (Å²) in [7, 11) is 0. The third-order valence-corrected chi connectivity index (χ3v) is 2.91. The Hall–Kier alpha value is -1.82. The van der Waals surface area contributed by atoms with Crippen LogP contribution in [-0.4, -0.2) is 27.7 Å². The summed E-state index contributed by atoms with van der Waals surface area (Å²) in [5.74, 6) is 6.88. The van der Waals surface area contributed by atoms with Crippen molar-refractivity contribution in [2.45, 2.75) is 12.8 Å². The van der Waals surface area contributed by atoms with Crippen LogP contribution in [0.2, 0.25) is 0 Å². The zero-order valence-corrected chi connectivity index (χ0v) is 8.93. The molecule has 0 unspecified atom stereocenters. The van der Waals surface area contributed by atoms with Crippen LogP contribution in [0.25, 0.3) is 5.52 Å². The van der Waals surface area contributed by atoms with E-state index in [1.807, 2.05) is 18.3 Å². The van der Waals surface area contributed by atoms with Gasteiger partial charge in [-0.25, -0.2) is 10.4 Å². The van der Waals surface area contributed by atoms with Crippen LogP contribution in [-0.2, 0) is 0 Å². The SMILES string of the molecule is NNc1nc(N2CCCC2)nn2cccc12. The highest BCUT2D eigenvalue weighted by Gasteiger charge is 2.17. The summed E-state index contributed by atoms with van der Waals surface area (Å²) in [4.78, 5) is 6.61. The van der Waals surface area contributed by atoms with Gasteiger partial charge in [-0.1, -0.05) is 0 Å². The van der Waals surface area contributed by atoms with E-state index in [-0.39, 0.29) is 0 Å². The van der Waals surface area contributed by atoms with E-state index in [9.17, 15) is 0 Å². The van der Waals surface area contributed by atoms with Crippen molar-refractivity contribution in [3.63, 3.8) is 0 Å². The molecule has 6 heteroatoms. The smallest absolute Gasteiger partial charge is 0.245 e. The van der Waals surface area contributed by atoms with E-state index in [4.69, 9.17) is 5.84 Å². The zero-order chi connectivity index (χ0) is 11.0. The lowest BCUT2D eigenvalue weighted by molar-refractivity contribution is 0.825. The number of hydrazine groups is 1. The van der Waals surface area contributed by atoms with Crippen LogP contribution >= 0.6 is 0 Å². The summed E-state index contributed by atoms with van der Waals surface area (Å²) < 4.78 is 1.80. The van der Waals surface area contributed by atoms with E-state index < -0.39 is 0 Å². The van der Waals surface area contributed by atoms with Crippen molar-refractivity contribution < 1.29 is 0 Å². The van der Waals surface area contributed by atoms with Crippen molar-refractivity contribution in [3.05, 3.63) is 18.3 Å². The molecule has 0 spiro atoms. The second-order valence-electron chi connectivity index (χ2n) is 3.94. The third-order valence-electron chi connectivity index (χ3n) is 2.91. The normalized spacial score (nSPS) is 15.9. The van der Waals surface area contributed by atoms with Crippen LogP contribution in [0.4, 0.5) is 11.8 Å². The van der Waals surface area contributed by atoms with Gasteiger partial charge in [-0.15, -0.1) is 5.10 Å². The molecular weight excluding hydrogens is 204 g/mol. The fourth-order valence-corrected chi connectivity index (χ4v) is 2.08. The Balaban J connectivity index is 2.10. The molecule has 3 rings (SSSR count). The summed E-state index contributed by atoms with van der Waals surface area (Å²) in [5.41, 5.74) is 3.52. The second kappa shape index (κ2) is 3.64. The number of nitrogen functional groups attached to an aromatic ring is 1. The number of aromatic nitrogens is 3. The number of rotatable bonds is 2. The molecule has 1 fully saturated rings. The van der Waals surface area contributed by atoms with Gasteiger partial charge in [0.2, 0.25) is 5.95 Å². The lowest BCUT2D eigenvalue weighted by Gasteiger charge is -2.16. The van der Waals surface area contributed by atoms with Crippen molar-refractivity contribution in [1.82, 2.24) is 14.6 Å². The van der Waals surface area contributed by atoms with Gasteiger partial charge in [0.1, 0.15) is 5.52 Å². The number of nitrogens with zero attached hydrogens (tertiary/aromatic N) is 4. The Kier molecular flexibility index (Phi) is 2.14. The first-order chi connectivity index (χ1) is 7.88. The molecule has 2 aromatic rings. The summed E-state index contributed by atoms with van der Waals surface area (Å²) in [6.45, 7) is 2.05. The Morgan fingerprint density at radius 1 is 1.31 bits per heavy atom. The van der Waals surface area contributed by atoms with Gasteiger partial charge < -0.3 is 10.3 Å². The Bertz CT molecular complexity index is 499. The molecule has 0 bridgehead atoms. The number of hydrogen-bond donors (Lipinski definition) is 2. The van der Waals surface area contributed by atoms with Gasteiger partial charge in [0.25, 0.3) is 0 Å². The summed E-state index contributed by atoms with van der Waals surface area (Å²) in [5, 5.41) is 4.46. The van der Waals surface area contributed by atoms with Crippen molar-refractivity contribution in [2.75, 3.05) is 23.4 Å². The van der Waals surface area contributed by atoms with E-state index in [1.165, 1.54) is 12.8 Å². The second-order valence-corrected chi connectivity index (χ2v) is 3.94. The van der Waals surface area contributed by atoms with Crippen molar-refractivity contribution in [1.29, 1.82) is 0 Å². The first-order valence-corrected chi connectivity index (χ1v) is 5.45. The van der Waals surface area contributed by atoms with Crippen LogP contribution < -0.4 is 16.2 Å². The quantitative estimate of drug-likeness (QED) is 0.571. The van der Waals surface area contributed by atoms with Crippen LogP contribution in [0.1, 0.15) is 12.8 Å². The number of nitrogens with one attached hydrogen (secondary N) is 1. The number of nitrogens with two attached hydrogens (primary N) is 1. The number of anilines is 2.